The van der Waals surface area contributed by atoms with Crippen molar-refractivity contribution in [2.75, 3.05) is 12.0 Å². The van der Waals surface area contributed by atoms with Crippen molar-refractivity contribution in [3.05, 3.63) is 23.8 Å². The highest BCUT2D eigenvalue weighted by Crippen LogP contribution is 2.71. The molecule has 0 saturated heterocycles. The quantitative estimate of drug-likeness (QED) is 0.680. The molecule has 4 aliphatic carbocycles. The smallest absolute Gasteiger partial charge is 0.178 e. The Morgan fingerprint density at radius 3 is 2.77 bits per heavy atom. The zero-order valence-electron chi connectivity index (χ0n) is 16.5. The molecule has 1 N–H and O–H groups in total. The van der Waals surface area contributed by atoms with Crippen molar-refractivity contribution in [2.45, 2.75) is 63.1 Å². The van der Waals surface area contributed by atoms with Crippen LogP contribution in [0.15, 0.2) is 23.8 Å². The van der Waals surface area contributed by atoms with Crippen LogP contribution in [0.4, 0.5) is 0 Å². The first kappa shape index (κ1) is 19.1. The Hall–Kier alpha value is -0.190. The van der Waals surface area contributed by atoms with Gasteiger partial charge in [-0.05, 0) is 73.5 Å². The van der Waals surface area contributed by atoms with Crippen molar-refractivity contribution in [2.24, 2.45) is 28.6 Å². The van der Waals surface area contributed by atoms with Crippen molar-refractivity contribution in [3.8, 4) is 0 Å². The van der Waals surface area contributed by atoms with Gasteiger partial charge in [-0.15, -0.1) is 23.5 Å². The number of hydrogen-bond acceptors (Lipinski definition) is 4. The predicted molar refractivity (Wildman–Crippen MR) is 112 cm³/mol. The minimum absolute atomic E-state index is 0.118. The van der Waals surface area contributed by atoms with Crippen LogP contribution in [0.1, 0.15) is 52.9 Å². The molecule has 3 fully saturated rings. The second kappa shape index (κ2) is 6.42. The number of fused-ring (bicyclic) bond motifs is 5. The monoisotopic (exact) mass is 392 g/mol. The van der Waals surface area contributed by atoms with E-state index >= 15 is 0 Å². The van der Waals surface area contributed by atoms with E-state index in [1.807, 2.05) is 17.8 Å². The zero-order valence-corrected chi connectivity index (χ0v) is 18.1. The van der Waals surface area contributed by atoms with Crippen LogP contribution >= 0.6 is 23.5 Å². The van der Waals surface area contributed by atoms with E-state index in [1.165, 1.54) is 18.4 Å². The fourth-order valence-corrected chi connectivity index (χ4v) is 10.3. The van der Waals surface area contributed by atoms with E-state index < -0.39 is 0 Å². The third-order valence-electron chi connectivity index (χ3n) is 8.25. The molecule has 0 heterocycles. The fourth-order valence-electron chi connectivity index (χ4n) is 7.14. The lowest BCUT2D eigenvalue weighted by molar-refractivity contribution is -0.114. The van der Waals surface area contributed by atoms with E-state index in [1.54, 1.807) is 6.08 Å². The lowest BCUT2D eigenvalue weighted by Gasteiger charge is -2.60. The SMILES string of the molecule is CCS[C@]1(SC)CC[C@H]2[C@@H]3CCC4=CC(=O)C=C[C@]4(C)[C@H]3[C@H](O)C[C@@]21C. The molecule has 0 aliphatic heterocycles. The maximum atomic E-state index is 11.9. The number of aliphatic hydroxyl groups is 1. The molecule has 0 spiro atoms. The van der Waals surface area contributed by atoms with Gasteiger partial charge in [0.2, 0.25) is 0 Å². The minimum atomic E-state index is -0.283. The lowest BCUT2D eigenvalue weighted by Crippen LogP contribution is -2.58. The summed E-state index contributed by atoms with van der Waals surface area (Å²) in [7, 11) is 0. The summed E-state index contributed by atoms with van der Waals surface area (Å²) >= 11 is 4.15. The van der Waals surface area contributed by atoms with Gasteiger partial charge in [-0.1, -0.05) is 32.4 Å². The van der Waals surface area contributed by atoms with Crippen LogP contribution in [0.25, 0.3) is 0 Å². The molecule has 0 amide bonds. The minimum Gasteiger partial charge on any atom is -0.393 e. The molecule has 3 saturated carbocycles. The maximum absolute atomic E-state index is 11.9. The van der Waals surface area contributed by atoms with E-state index in [0.29, 0.717) is 11.8 Å². The Morgan fingerprint density at radius 2 is 2.08 bits per heavy atom. The molecule has 0 unspecified atom stereocenters. The summed E-state index contributed by atoms with van der Waals surface area (Å²) in [6.07, 6.45) is 13.3. The van der Waals surface area contributed by atoms with E-state index in [9.17, 15) is 9.90 Å². The number of hydrogen-bond donors (Lipinski definition) is 1. The molecule has 7 atom stereocenters. The molecule has 0 aromatic heterocycles. The van der Waals surface area contributed by atoms with E-state index in [4.69, 9.17) is 0 Å². The third kappa shape index (κ3) is 2.40. The highest BCUT2D eigenvalue weighted by molar-refractivity contribution is 8.18. The lowest BCUT2D eigenvalue weighted by atomic mass is 9.47. The zero-order chi connectivity index (χ0) is 18.7. The summed E-state index contributed by atoms with van der Waals surface area (Å²) in [6, 6.07) is 0. The van der Waals surface area contributed by atoms with Gasteiger partial charge in [0.15, 0.2) is 5.78 Å². The highest BCUT2D eigenvalue weighted by atomic mass is 32.2. The molecule has 0 aromatic carbocycles. The molecule has 0 radical (unpaired) electrons. The summed E-state index contributed by atoms with van der Waals surface area (Å²) in [5.41, 5.74) is 1.31. The molecule has 26 heavy (non-hydrogen) atoms. The third-order valence-corrected chi connectivity index (χ3v) is 11.9. The predicted octanol–water partition coefficient (Wildman–Crippen LogP) is 5.08. The van der Waals surface area contributed by atoms with Crippen molar-refractivity contribution in [1.82, 2.24) is 0 Å². The number of carbonyl (C=O) groups excluding carboxylic acids is 1. The first-order chi connectivity index (χ1) is 12.3. The molecule has 0 bridgehead atoms. The van der Waals surface area contributed by atoms with Crippen LogP contribution in [0.5, 0.6) is 0 Å². The molecule has 4 rings (SSSR count). The molecule has 2 nitrogen and oxygen atoms in total. The summed E-state index contributed by atoms with van der Waals surface area (Å²) in [5, 5.41) is 11.4. The van der Waals surface area contributed by atoms with Gasteiger partial charge in [-0.25, -0.2) is 0 Å². The normalized spacial score (nSPS) is 50.0. The van der Waals surface area contributed by atoms with E-state index in [0.717, 1.165) is 25.0 Å². The van der Waals surface area contributed by atoms with Crippen LogP contribution in [-0.4, -0.2) is 33.1 Å². The van der Waals surface area contributed by atoms with Gasteiger partial charge < -0.3 is 5.11 Å². The van der Waals surface area contributed by atoms with Gasteiger partial charge in [0, 0.05) is 11.3 Å². The largest absolute Gasteiger partial charge is 0.393 e. The van der Waals surface area contributed by atoms with Crippen LogP contribution in [0.3, 0.4) is 0 Å². The van der Waals surface area contributed by atoms with Crippen LogP contribution in [0.2, 0.25) is 0 Å². The molecule has 4 heteroatoms. The van der Waals surface area contributed by atoms with Gasteiger partial charge in [-0.2, -0.15) is 0 Å². The van der Waals surface area contributed by atoms with Gasteiger partial charge in [-0.3, -0.25) is 4.79 Å². The average Bonchev–Trinajstić information content (AvgIpc) is 2.88. The molecular weight excluding hydrogens is 360 g/mol. The first-order valence-corrected chi connectivity index (χ1v) is 12.3. The Bertz CT molecular complexity index is 671. The van der Waals surface area contributed by atoms with Gasteiger partial charge >= 0.3 is 0 Å². The molecule has 144 valence electrons. The van der Waals surface area contributed by atoms with Crippen molar-refractivity contribution in [3.63, 3.8) is 0 Å². The second-order valence-corrected chi connectivity index (χ2v) is 12.1. The van der Waals surface area contributed by atoms with E-state index in [2.05, 4.69) is 44.9 Å². The summed E-state index contributed by atoms with van der Waals surface area (Å²) in [6.45, 7) is 7.00. The average molecular weight is 393 g/mol. The number of thioether (sulfide) groups is 2. The highest BCUT2D eigenvalue weighted by Gasteiger charge is 2.66. The summed E-state index contributed by atoms with van der Waals surface area (Å²) < 4.78 is 0.244. The van der Waals surface area contributed by atoms with Gasteiger partial charge in [0.1, 0.15) is 0 Å². The summed E-state index contributed by atoms with van der Waals surface area (Å²) in [4.78, 5) is 11.9. The molecule has 4 aliphatic rings. The molecular formula is C22H32O2S2. The Morgan fingerprint density at radius 1 is 1.31 bits per heavy atom. The number of allylic oxidation sites excluding steroid dienone is 4. The number of aliphatic hydroxyl groups excluding tert-OH is 1. The van der Waals surface area contributed by atoms with Crippen molar-refractivity contribution >= 4 is 29.3 Å². The van der Waals surface area contributed by atoms with E-state index in [-0.39, 0.29) is 32.7 Å². The topological polar surface area (TPSA) is 37.3 Å². The number of rotatable bonds is 3. The second-order valence-electron chi connectivity index (χ2n) is 9.14. The fraction of sp³-hybridized carbons (Fsp3) is 0.773. The molecule has 0 aromatic rings. The Kier molecular flexibility index (Phi) is 4.73. The van der Waals surface area contributed by atoms with Crippen molar-refractivity contribution in [1.29, 1.82) is 0 Å². The van der Waals surface area contributed by atoms with Crippen LogP contribution in [-0.2, 0) is 4.79 Å². The first-order valence-electron chi connectivity index (χ1n) is 10.1. The number of carbonyl (C=O) groups is 1. The Balaban J connectivity index is 1.73. The number of ketones is 1. The maximum Gasteiger partial charge on any atom is 0.178 e. The van der Waals surface area contributed by atoms with Crippen LogP contribution in [0, 0.1) is 28.6 Å². The summed E-state index contributed by atoms with van der Waals surface area (Å²) in [5.74, 6) is 2.77. The van der Waals surface area contributed by atoms with Gasteiger partial charge in [0.05, 0.1) is 10.2 Å². The standard InChI is InChI=1S/C22H32O2S2/c1-5-26-22(25-4)11-9-17-16-7-6-14-12-15(23)8-10-20(14,2)19(16)18(24)13-21(17,22)3/h8,10,12,16-19,24H,5-7,9,11,13H2,1-4H3/t16-,17-,18+,19+,20-,21-,22+/m0/s1. The van der Waals surface area contributed by atoms with Gasteiger partial charge in [0.25, 0.3) is 0 Å². The Labute approximate surface area is 166 Å². The van der Waals surface area contributed by atoms with Crippen LogP contribution < -0.4 is 0 Å². The van der Waals surface area contributed by atoms with Crippen molar-refractivity contribution < 1.29 is 9.90 Å².